The Morgan fingerprint density at radius 2 is 2.11 bits per heavy atom. The molecule has 0 spiro atoms. The van der Waals surface area contributed by atoms with E-state index < -0.39 is 0 Å². The number of hydrogen-bond acceptors (Lipinski definition) is 3. The monoisotopic (exact) mass is 268 g/mol. The Labute approximate surface area is 114 Å². The highest BCUT2D eigenvalue weighted by Gasteiger charge is 2.32. The molecule has 4 heteroatoms. The maximum Gasteiger partial charge on any atom is 0.218 e. The third-order valence-electron chi connectivity index (χ3n) is 3.84. The summed E-state index contributed by atoms with van der Waals surface area (Å²) in [5.41, 5.74) is 0. The van der Waals surface area contributed by atoms with Crippen LogP contribution < -0.4 is 4.74 Å². The molecule has 0 bridgehead atoms. The zero-order valence-corrected chi connectivity index (χ0v) is 12.0. The molecule has 1 saturated carbocycles. The lowest BCUT2D eigenvalue weighted by atomic mass is 9.75. The topological polar surface area (TPSA) is 35.0 Å². The fourth-order valence-electron chi connectivity index (χ4n) is 2.79. The number of hydrogen-bond donors (Lipinski definition) is 0. The van der Waals surface area contributed by atoms with Crippen LogP contribution in [0.1, 0.15) is 40.0 Å². The van der Waals surface area contributed by atoms with Gasteiger partial charge in [0.25, 0.3) is 0 Å². The lowest BCUT2D eigenvalue weighted by Crippen LogP contribution is -2.36. The number of halogens is 1. The van der Waals surface area contributed by atoms with E-state index in [-0.39, 0.29) is 6.10 Å². The zero-order chi connectivity index (χ0) is 13.1. The van der Waals surface area contributed by atoms with Crippen molar-refractivity contribution >= 4 is 11.6 Å². The molecule has 1 aliphatic carbocycles. The first kappa shape index (κ1) is 13.6. The standard InChI is InChI=1S/C14H21ClN2O/c1-9(2)11-5-4-10(3)6-12(11)18-14-7-13(15)16-8-17-14/h7-12H,4-6H2,1-3H3. The molecule has 18 heavy (non-hydrogen) atoms. The van der Waals surface area contributed by atoms with E-state index in [4.69, 9.17) is 16.3 Å². The van der Waals surface area contributed by atoms with Crippen LogP contribution in [0.2, 0.25) is 5.15 Å². The fraction of sp³-hybridized carbons (Fsp3) is 0.714. The maximum atomic E-state index is 6.04. The van der Waals surface area contributed by atoms with E-state index in [9.17, 15) is 0 Å². The van der Waals surface area contributed by atoms with E-state index in [2.05, 4.69) is 30.7 Å². The molecule has 0 aromatic carbocycles. The van der Waals surface area contributed by atoms with Crippen molar-refractivity contribution in [2.24, 2.45) is 17.8 Å². The van der Waals surface area contributed by atoms with Crippen LogP contribution in [0.3, 0.4) is 0 Å². The van der Waals surface area contributed by atoms with Gasteiger partial charge in [-0.2, -0.15) is 0 Å². The average molecular weight is 269 g/mol. The second kappa shape index (κ2) is 5.87. The zero-order valence-electron chi connectivity index (χ0n) is 11.3. The smallest absolute Gasteiger partial charge is 0.218 e. The summed E-state index contributed by atoms with van der Waals surface area (Å²) < 4.78 is 6.04. The van der Waals surface area contributed by atoms with Crippen LogP contribution in [-0.2, 0) is 0 Å². The Bertz CT molecular complexity index is 397. The molecule has 1 fully saturated rings. The van der Waals surface area contributed by atoms with Crippen LogP contribution >= 0.6 is 11.6 Å². The first-order valence-corrected chi connectivity index (χ1v) is 7.08. The normalized spacial score (nSPS) is 28.4. The van der Waals surface area contributed by atoms with Gasteiger partial charge in [-0.25, -0.2) is 9.97 Å². The van der Waals surface area contributed by atoms with Crippen LogP contribution in [0.15, 0.2) is 12.4 Å². The molecule has 3 unspecified atom stereocenters. The van der Waals surface area contributed by atoms with E-state index in [0.29, 0.717) is 22.9 Å². The van der Waals surface area contributed by atoms with Crippen LogP contribution in [0.5, 0.6) is 5.88 Å². The summed E-state index contributed by atoms with van der Waals surface area (Å²) >= 11 is 5.86. The van der Waals surface area contributed by atoms with Crippen molar-refractivity contribution in [3.8, 4) is 5.88 Å². The Kier molecular flexibility index (Phi) is 4.44. The minimum Gasteiger partial charge on any atom is -0.474 e. The Morgan fingerprint density at radius 1 is 1.33 bits per heavy atom. The van der Waals surface area contributed by atoms with E-state index in [1.54, 1.807) is 6.07 Å². The fourth-order valence-corrected chi connectivity index (χ4v) is 2.92. The van der Waals surface area contributed by atoms with Crippen LogP contribution in [0.25, 0.3) is 0 Å². The molecule has 3 atom stereocenters. The Balaban J connectivity index is 2.08. The number of nitrogens with zero attached hydrogens (tertiary/aromatic N) is 2. The van der Waals surface area contributed by atoms with E-state index in [1.807, 2.05) is 0 Å². The average Bonchev–Trinajstić information content (AvgIpc) is 2.28. The van der Waals surface area contributed by atoms with Gasteiger partial charge in [0.05, 0.1) is 0 Å². The molecule has 1 aromatic rings. The molecule has 1 heterocycles. The summed E-state index contributed by atoms with van der Waals surface area (Å²) in [5.74, 6) is 2.57. The van der Waals surface area contributed by atoms with Gasteiger partial charge in [-0.15, -0.1) is 0 Å². The molecule has 0 saturated heterocycles. The van der Waals surface area contributed by atoms with Gasteiger partial charge < -0.3 is 4.74 Å². The van der Waals surface area contributed by atoms with Crippen LogP contribution in [0.4, 0.5) is 0 Å². The molecule has 2 rings (SSSR count). The molecule has 100 valence electrons. The minimum atomic E-state index is 0.250. The Morgan fingerprint density at radius 3 is 2.78 bits per heavy atom. The SMILES string of the molecule is CC1CCC(C(C)C)C(Oc2cc(Cl)ncn2)C1. The first-order valence-electron chi connectivity index (χ1n) is 6.70. The summed E-state index contributed by atoms with van der Waals surface area (Å²) in [5, 5.41) is 0.435. The van der Waals surface area contributed by atoms with Crippen molar-refractivity contribution in [2.75, 3.05) is 0 Å². The number of ether oxygens (including phenoxy) is 1. The molecule has 1 aliphatic rings. The molecule has 0 N–H and O–H groups in total. The van der Waals surface area contributed by atoms with E-state index in [1.165, 1.54) is 19.2 Å². The largest absolute Gasteiger partial charge is 0.474 e. The van der Waals surface area contributed by atoms with Gasteiger partial charge in [0, 0.05) is 6.07 Å². The van der Waals surface area contributed by atoms with Crippen molar-refractivity contribution in [3.05, 3.63) is 17.5 Å². The molecule has 0 amide bonds. The first-order chi connectivity index (χ1) is 8.56. The highest BCUT2D eigenvalue weighted by atomic mass is 35.5. The van der Waals surface area contributed by atoms with Gasteiger partial charge in [-0.1, -0.05) is 38.8 Å². The van der Waals surface area contributed by atoms with Crippen molar-refractivity contribution in [1.82, 2.24) is 9.97 Å². The van der Waals surface area contributed by atoms with E-state index >= 15 is 0 Å². The molecule has 0 aliphatic heterocycles. The van der Waals surface area contributed by atoms with Gasteiger partial charge in [0.1, 0.15) is 17.6 Å². The number of rotatable bonds is 3. The highest BCUT2D eigenvalue weighted by molar-refractivity contribution is 6.29. The highest BCUT2D eigenvalue weighted by Crippen LogP contribution is 2.35. The molecule has 0 radical (unpaired) electrons. The van der Waals surface area contributed by atoms with E-state index in [0.717, 1.165) is 12.3 Å². The van der Waals surface area contributed by atoms with Gasteiger partial charge in [0.2, 0.25) is 5.88 Å². The second-order valence-corrected chi connectivity index (χ2v) is 6.05. The minimum absolute atomic E-state index is 0.250. The predicted octanol–water partition coefficient (Wildman–Crippen LogP) is 3.97. The summed E-state index contributed by atoms with van der Waals surface area (Å²) in [6.45, 7) is 6.83. The van der Waals surface area contributed by atoms with Crippen LogP contribution in [0, 0.1) is 17.8 Å². The summed E-state index contributed by atoms with van der Waals surface area (Å²) in [7, 11) is 0. The lowest BCUT2D eigenvalue weighted by Gasteiger charge is -2.36. The summed E-state index contributed by atoms with van der Waals surface area (Å²) in [6.07, 6.45) is 5.34. The van der Waals surface area contributed by atoms with Crippen LogP contribution in [-0.4, -0.2) is 16.1 Å². The quantitative estimate of drug-likeness (QED) is 0.778. The van der Waals surface area contributed by atoms with Crippen molar-refractivity contribution in [1.29, 1.82) is 0 Å². The predicted molar refractivity (Wildman–Crippen MR) is 72.8 cm³/mol. The molecular formula is C14H21ClN2O. The van der Waals surface area contributed by atoms with Crippen molar-refractivity contribution < 1.29 is 4.74 Å². The third-order valence-corrected chi connectivity index (χ3v) is 4.05. The second-order valence-electron chi connectivity index (χ2n) is 5.66. The van der Waals surface area contributed by atoms with Crippen molar-refractivity contribution in [2.45, 2.75) is 46.1 Å². The molecule has 1 aromatic heterocycles. The molecular weight excluding hydrogens is 248 g/mol. The maximum absolute atomic E-state index is 6.04. The number of aromatic nitrogens is 2. The molecule has 3 nitrogen and oxygen atoms in total. The van der Waals surface area contributed by atoms with Gasteiger partial charge in [-0.3, -0.25) is 0 Å². The lowest BCUT2D eigenvalue weighted by molar-refractivity contribution is 0.0425. The van der Waals surface area contributed by atoms with Gasteiger partial charge >= 0.3 is 0 Å². The van der Waals surface area contributed by atoms with Gasteiger partial charge in [0.15, 0.2) is 0 Å². The summed E-state index contributed by atoms with van der Waals surface area (Å²) in [4.78, 5) is 8.01. The Hall–Kier alpha value is -0.830. The van der Waals surface area contributed by atoms with Gasteiger partial charge in [-0.05, 0) is 30.6 Å². The third kappa shape index (κ3) is 3.35. The summed E-state index contributed by atoms with van der Waals surface area (Å²) in [6, 6.07) is 1.69. The van der Waals surface area contributed by atoms with Crippen molar-refractivity contribution in [3.63, 3.8) is 0 Å².